The lowest BCUT2D eigenvalue weighted by Gasteiger charge is -1.99. The molecule has 0 amide bonds. The molecular formula is C12H14N2O. The fourth-order valence-electron chi connectivity index (χ4n) is 1.58. The van der Waals surface area contributed by atoms with Crippen molar-refractivity contribution in [3.8, 4) is 11.3 Å². The molecule has 1 heterocycles. The van der Waals surface area contributed by atoms with Gasteiger partial charge in [0.25, 0.3) is 0 Å². The average molecular weight is 202 g/mol. The summed E-state index contributed by atoms with van der Waals surface area (Å²) < 4.78 is 1.82. The summed E-state index contributed by atoms with van der Waals surface area (Å²) in [6.45, 7) is 2.67. The Labute approximate surface area is 89.0 Å². The van der Waals surface area contributed by atoms with Gasteiger partial charge in [-0.2, -0.15) is 5.10 Å². The second-order valence-corrected chi connectivity index (χ2v) is 3.48. The van der Waals surface area contributed by atoms with Crippen molar-refractivity contribution in [3.63, 3.8) is 0 Å². The van der Waals surface area contributed by atoms with Crippen molar-refractivity contribution in [1.82, 2.24) is 9.78 Å². The molecule has 0 fully saturated rings. The smallest absolute Gasteiger partial charge is 0.0925 e. The topological polar surface area (TPSA) is 38.0 Å². The monoisotopic (exact) mass is 202 g/mol. The Hall–Kier alpha value is -1.61. The Bertz CT molecular complexity index is 434. The number of hydrogen-bond donors (Lipinski definition) is 1. The van der Waals surface area contributed by atoms with Crippen LogP contribution in [0.15, 0.2) is 36.4 Å². The summed E-state index contributed by atoms with van der Waals surface area (Å²) >= 11 is 0. The second-order valence-electron chi connectivity index (χ2n) is 3.48. The predicted molar refractivity (Wildman–Crippen MR) is 59.5 cm³/mol. The summed E-state index contributed by atoms with van der Waals surface area (Å²) in [6, 6.07) is 12.1. The third kappa shape index (κ3) is 2.07. The molecule has 1 aromatic carbocycles. The molecule has 2 aromatic rings. The van der Waals surface area contributed by atoms with E-state index in [1.165, 1.54) is 0 Å². The Morgan fingerprint density at radius 1 is 1.27 bits per heavy atom. The third-order valence-electron chi connectivity index (χ3n) is 2.36. The number of aliphatic hydroxyl groups is 1. The van der Waals surface area contributed by atoms with Crippen LogP contribution in [0.25, 0.3) is 11.3 Å². The molecule has 0 spiro atoms. The number of aryl methyl sites for hydroxylation is 1. The third-order valence-corrected chi connectivity index (χ3v) is 2.36. The minimum absolute atomic E-state index is 0.122. The number of benzene rings is 1. The van der Waals surface area contributed by atoms with E-state index in [1.807, 2.05) is 48.0 Å². The van der Waals surface area contributed by atoms with E-state index < -0.39 is 0 Å². The van der Waals surface area contributed by atoms with Crippen molar-refractivity contribution < 1.29 is 5.11 Å². The van der Waals surface area contributed by atoms with Crippen molar-refractivity contribution >= 4 is 0 Å². The first-order valence-corrected chi connectivity index (χ1v) is 5.02. The van der Waals surface area contributed by atoms with E-state index in [-0.39, 0.29) is 6.61 Å². The summed E-state index contributed by atoms with van der Waals surface area (Å²) in [7, 11) is 0. The SMILES string of the molecule is Cc1cc(-c2ccccc2)nn1CCO. The van der Waals surface area contributed by atoms with Gasteiger partial charge in [-0.1, -0.05) is 30.3 Å². The maximum atomic E-state index is 8.86. The molecule has 0 bridgehead atoms. The van der Waals surface area contributed by atoms with Crippen LogP contribution in [0.5, 0.6) is 0 Å². The van der Waals surface area contributed by atoms with E-state index in [0.29, 0.717) is 6.54 Å². The quantitative estimate of drug-likeness (QED) is 0.824. The Morgan fingerprint density at radius 2 is 2.00 bits per heavy atom. The van der Waals surface area contributed by atoms with Gasteiger partial charge in [0.2, 0.25) is 0 Å². The molecule has 0 atom stereocenters. The van der Waals surface area contributed by atoms with Crippen molar-refractivity contribution in [1.29, 1.82) is 0 Å². The zero-order chi connectivity index (χ0) is 10.7. The van der Waals surface area contributed by atoms with Crippen LogP contribution in [0.3, 0.4) is 0 Å². The summed E-state index contributed by atoms with van der Waals surface area (Å²) in [4.78, 5) is 0. The standard InChI is InChI=1S/C12H14N2O/c1-10-9-12(13-14(10)7-8-15)11-5-3-2-4-6-11/h2-6,9,15H,7-8H2,1H3. The first kappa shape index (κ1) is 9.93. The lowest BCUT2D eigenvalue weighted by molar-refractivity contribution is 0.268. The molecule has 0 unspecified atom stereocenters. The molecule has 0 aliphatic heterocycles. The lowest BCUT2D eigenvalue weighted by Crippen LogP contribution is -2.05. The molecule has 0 aliphatic rings. The van der Waals surface area contributed by atoms with Crippen LogP contribution in [-0.4, -0.2) is 21.5 Å². The molecule has 3 nitrogen and oxygen atoms in total. The lowest BCUT2D eigenvalue weighted by atomic mass is 10.1. The van der Waals surface area contributed by atoms with Crippen LogP contribution in [0.2, 0.25) is 0 Å². The fourth-order valence-corrected chi connectivity index (χ4v) is 1.58. The molecule has 3 heteroatoms. The second kappa shape index (κ2) is 4.28. The maximum absolute atomic E-state index is 8.86. The zero-order valence-electron chi connectivity index (χ0n) is 8.72. The van der Waals surface area contributed by atoms with Crippen LogP contribution >= 0.6 is 0 Å². The van der Waals surface area contributed by atoms with Crippen molar-refractivity contribution in [2.24, 2.45) is 0 Å². The van der Waals surface area contributed by atoms with Crippen LogP contribution in [-0.2, 0) is 6.54 Å². The molecule has 0 saturated carbocycles. The Balaban J connectivity index is 2.34. The molecule has 0 radical (unpaired) electrons. The highest BCUT2D eigenvalue weighted by atomic mass is 16.3. The van der Waals surface area contributed by atoms with Gasteiger partial charge in [-0.05, 0) is 13.0 Å². The van der Waals surface area contributed by atoms with E-state index in [4.69, 9.17) is 5.11 Å². The van der Waals surface area contributed by atoms with Crippen LogP contribution in [0, 0.1) is 6.92 Å². The first-order valence-electron chi connectivity index (χ1n) is 5.02. The van der Waals surface area contributed by atoms with E-state index in [1.54, 1.807) is 0 Å². The molecule has 1 aromatic heterocycles. The first-order chi connectivity index (χ1) is 7.31. The van der Waals surface area contributed by atoms with Gasteiger partial charge in [0, 0.05) is 11.3 Å². The highest BCUT2D eigenvalue weighted by molar-refractivity contribution is 5.58. The van der Waals surface area contributed by atoms with Gasteiger partial charge in [-0.3, -0.25) is 4.68 Å². The fraction of sp³-hybridized carbons (Fsp3) is 0.250. The number of nitrogens with zero attached hydrogens (tertiary/aromatic N) is 2. The largest absolute Gasteiger partial charge is 0.394 e. The summed E-state index contributed by atoms with van der Waals surface area (Å²) in [5.41, 5.74) is 3.14. The van der Waals surface area contributed by atoms with Gasteiger partial charge in [-0.15, -0.1) is 0 Å². The van der Waals surface area contributed by atoms with Gasteiger partial charge in [0.05, 0.1) is 18.8 Å². The van der Waals surface area contributed by atoms with E-state index in [0.717, 1.165) is 17.0 Å². The van der Waals surface area contributed by atoms with Crippen LogP contribution in [0.4, 0.5) is 0 Å². The normalized spacial score (nSPS) is 10.5. The number of aliphatic hydroxyl groups excluding tert-OH is 1. The molecule has 0 saturated heterocycles. The summed E-state index contributed by atoms with van der Waals surface area (Å²) in [5.74, 6) is 0. The highest BCUT2D eigenvalue weighted by Gasteiger charge is 2.04. The molecule has 0 aliphatic carbocycles. The van der Waals surface area contributed by atoms with Crippen LogP contribution in [0.1, 0.15) is 5.69 Å². The van der Waals surface area contributed by atoms with Gasteiger partial charge in [0.1, 0.15) is 0 Å². The van der Waals surface area contributed by atoms with Gasteiger partial charge in [0.15, 0.2) is 0 Å². The maximum Gasteiger partial charge on any atom is 0.0925 e. The van der Waals surface area contributed by atoms with Gasteiger partial charge >= 0.3 is 0 Å². The average Bonchev–Trinajstić information content (AvgIpc) is 2.63. The number of rotatable bonds is 3. The summed E-state index contributed by atoms with van der Waals surface area (Å²) in [6.07, 6.45) is 0. The molecule has 15 heavy (non-hydrogen) atoms. The minimum Gasteiger partial charge on any atom is -0.394 e. The molecular weight excluding hydrogens is 188 g/mol. The van der Waals surface area contributed by atoms with Crippen molar-refractivity contribution in [2.45, 2.75) is 13.5 Å². The number of aromatic nitrogens is 2. The Kier molecular flexibility index (Phi) is 2.83. The van der Waals surface area contributed by atoms with E-state index >= 15 is 0 Å². The van der Waals surface area contributed by atoms with Gasteiger partial charge in [-0.25, -0.2) is 0 Å². The number of hydrogen-bond acceptors (Lipinski definition) is 2. The molecule has 1 N–H and O–H groups in total. The van der Waals surface area contributed by atoms with E-state index in [9.17, 15) is 0 Å². The zero-order valence-corrected chi connectivity index (χ0v) is 8.72. The van der Waals surface area contributed by atoms with Crippen molar-refractivity contribution in [2.75, 3.05) is 6.61 Å². The van der Waals surface area contributed by atoms with Crippen LogP contribution < -0.4 is 0 Å². The predicted octanol–water partition coefficient (Wildman–Crippen LogP) is 1.85. The molecule has 2 rings (SSSR count). The van der Waals surface area contributed by atoms with E-state index in [2.05, 4.69) is 5.10 Å². The summed E-state index contributed by atoms with van der Waals surface area (Å²) in [5, 5.41) is 13.3. The highest BCUT2D eigenvalue weighted by Crippen LogP contribution is 2.17. The minimum atomic E-state index is 0.122. The van der Waals surface area contributed by atoms with Crippen molar-refractivity contribution in [3.05, 3.63) is 42.1 Å². The molecule has 78 valence electrons. The van der Waals surface area contributed by atoms with Gasteiger partial charge < -0.3 is 5.11 Å². The Morgan fingerprint density at radius 3 is 2.67 bits per heavy atom.